The summed E-state index contributed by atoms with van der Waals surface area (Å²) in [6.45, 7) is 0.309. The average Bonchev–Trinajstić information content (AvgIpc) is 2.39. The highest BCUT2D eigenvalue weighted by Gasteiger charge is 2.14. The van der Waals surface area contributed by atoms with E-state index >= 15 is 0 Å². The van der Waals surface area contributed by atoms with Gasteiger partial charge in [-0.05, 0) is 29.8 Å². The van der Waals surface area contributed by atoms with Gasteiger partial charge in [-0.15, -0.1) is 0 Å². The van der Waals surface area contributed by atoms with E-state index in [-0.39, 0.29) is 6.10 Å². The molecule has 0 fully saturated rings. The molecule has 0 aliphatic rings. The minimum Gasteiger partial charge on any atom is -0.483 e. The third-order valence-electron chi connectivity index (χ3n) is 2.60. The van der Waals surface area contributed by atoms with Crippen molar-refractivity contribution in [2.75, 3.05) is 6.54 Å². The van der Waals surface area contributed by atoms with Gasteiger partial charge >= 0.3 is 0 Å². The minimum absolute atomic E-state index is 0.309. The fraction of sp³-hybridized carbons (Fsp3) is 0.143. The van der Waals surface area contributed by atoms with E-state index < -0.39 is 0 Å². The average molecular weight is 317 g/mol. The van der Waals surface area contributed by atoms with Gasteiger partial charge < -0.3 is 10.5 Å². The third-order valence-corrected chi connectivity index (χ3v) is 3.38. The van der Waals surface area contributed by atoms with E-state index in [9.17, 15) is 0 Å². The van der Waals surface area contributed by atoms with E-state index in [1.807, 2.05) is 18.2 Å². The quantitative estimate of drug-likeness (QED) is 0.885. The molecule has 0 saturated carbocycles. The summed E-state index contributed by atoms with van der Waals surface area (Å²) in [6.07, 6.45) is -0.324. The van der Waals surface area contributed by atoms with Gasteiger partial charge in [-0.2, -0.15) is 0 Å². The number of nitrogens with two attached hydrogens (primary N) is 1. The van der Waals surface area contributed by atoms with Crippen LogP contribution in [-0.4, -0.2) is 6.54 Å². The lowest BCUT2D eigenvalue weighted by atomic mass is 10.1. The lowest BCUT2D eigenvalue weighted by Crippen LogP contribution is -2.18. The van der Waals surface area contributed by atoms with Crippen LogP contribution < -0.4 is 10.5 Å². The Morgan fingerprint density at radius 3 is 2.42 bits per heavy atom. The van der Waals surface area contributed by atoms with Crippen molar-refractivity contribution in [1.82, 2.24) is 0 Å². The fourth-order valence-corrected chi connectivity index (χ4v) is 2.20. The predicted octanol–water partition coefficient (Wildman–Crippen LogP) is 4.73. The molecule has 0 radical (unpaired) electrons. The molecule has 5 heteroatoms. The molecule has 2 rings (SSSR count). The lowest BCUT2D eigenvalue weighted by molar-refractivity contribution is 0.214. The van der Waals surface area contributed by atoms with Crippen molar-refractivity contribution in [2.24, 2.45) is 5.73 Å². The number of rotatable bonds is 4. The van der Waals surface area contributed by atoms with Gasteiger partial charge in [0.2, 0.25) is 0 Å². The van der Waals surface area contributed by atoms with Gasteiger partial charge in [-0.25, -0.2) is 0 Å². The third kappa shape index (κ3) is 3.77. The van der Waals surface area contributed by atoms with Crippen LogP contribution in [0, 0.1) is 0 Å². The summed E-state index contributed by atoms with van der Waals surface area (Å²) in [5.41, 5.74) is 6.64. The first kappa shape index (κ1) is 14.5. The van der Waals surface area contributed by atoms with E-state index in [0.717, 1.165) is 5.56 Å². The standard InChI is InChI=1S/C14H12Cl3NO/c15-10-3-1-2-9(6-10)14(8-18)19-13-7-11(16)4-5-12(13)17/h1-7,14H,8,18H2. The molecule has 19 heavy (non-hydrogen) atoms. The molecule has 0 amide bonds. The Morgan fingerprint density at radius 2 is 1.74 bits per heavy atom. The second-order valence-electron chi connectivity index (χ2n) is 3.97. The Kier molecular flexibility index (Phi) is 4.94. The summed E-state index contributed by atoms with van der Waals surface area (Å²) in [6, 6.07) is 12.4. The molecular formula is C14H12Cl3NO. The van der Waals surface area contributed by atoms with Crippen LogP contribution in [0.1, 0.15) is 11.7 Å². The largest absolute Gasteiger partial charge is 0.483 e. The van der Waals surface area contributed by atoms with Crippen LogP contribution >= 0.6 is 34.8 Å². The van der Waals surface area contributed by atoms with Crippen LogP contribution in [0.25, 0.3) is 0 Å². The smallest absolute Gasteiger partial charge is 0.140 e. The van der Waals surface area contributed by atoms with E-state index in [1.165, 1.54) is 0 Å². The maximum atomic E-state index is 6.07. The molecule has 0 aromatic heterocycles. The van der Waals surface area contributed by atoms with Crippen molar-refractivity contribution in [2.45, 2.75) is 6.10 Å². The van der Waals surface area contributed by atoms with E-state index in [0.29, 0.717) is 27.4 Å². The summed E-state index contributed by atoms with van der Waals surface area (Å²) < 4.78 is 5.82. The van der Waals surface area contributed by atoms with Crippen molar-refractivity contribution >= 4 is 34.8 Å². The molecule has 2 N–H and O–H groups in total. The molecule has 1 unspecified atom stereocenters. The Morgan fingerprint density at radius 1 is 1.00 bits per heavy atom. The first-order valence-electron chi connectivity index (χ1n) is 5.67. The summed E-state index contributed by atoms with van der Waals surface area (Å²) >= 11 is 18.0. The van der Waals surface area contributed by atoms with Gasteiger partial charge in [0.25, 0.3) is 0 Å². The van der Waals surface area contributed by atoms with Gasteiger partial charge in [0, 0.05) is 22.7 Å². The van der Waals surface area contributed by atoms with Crippen LogP contribution in [0.4, 0.5) is 0 Å². The van der Waals surface area contributed by atoms with E-state index in [1.54, 1.807) is 24.3 Å². The predicted molar refractivity (Wildman–Crippen MR) is 80.3 cm³/mol. The first-order chi connectivity index (χ1) is 9.10. The maximum Gasteiger partial charge on any atom is 0.140 e. The van der Waals surface area contributed by atoms with Crippen molar-refractivity contribution in [3.63, 3.8) is 0 Å². The number of halogens is 3. The number of hydrogen-bond acceptors (Lipinski definition) is 2. The highest BCUT2D eigenvalue weighted by molar-refractivity contribution is 6.34. The van der Waals surface area contributed by atoms with Gasteiger partial charge in [0.1, 0.15) is 11.9 Å². The van der Waals surface area contributed by atoms with Crippen LogP contribution in [-0.2, 0) is 0 Å². The monoisotopic (exact) mass is 315 g/mol. The molecule has 0 spiro atoms. The summed E-state index contributed by atoms with van der Waals surface area (Å²) in [7, 11) is 0. The van der Waals surface area contributed by atoms with Crippen molar-refractivity contribution in [3.05, 3.63) is 63.1 Å². The number of hydrogen-bond donors (Lipinski definition) is 1. The Hall–Kier alpha value is -0.930. The molecule has 0 saturated heterocycles. The van der Waals surface area contributed by atoms with Crippen LogP contribution in [0.2, 0.25) is 15.1 Å². The fourth-order valence-electron chi connectivity index (χ4n) is 1.68. The molecule has 2 aromatic carbocycles. The minimum atomic E-state index is -0.324. The van der Waals surface area contributed by atoms with Gasteiger partial charge in [0.15, 0.2) is 0 Å². The normalized spacial score (nSPS) is 12.2. The Labute approximate surface area is 127 Å². The zero-order valence-electron chi connectivity index (χ0n) is 9.95. The lowest BCUT2D eigenvalue weighted by Gasteiger charge is -2.19. The summed E-state index contributed by atoms with van der Waals surface area (Å²) in [4.78, 5) is 0. The van der Waals surface area contributed by atoms with E-state index in [2.05, 4.69) is 0 Å². The van der Waals surface area contributed by atoms with Gasteiger partial charge in [-0.3, -0.25) is 0 Å². The zero-order chi connectivity index (χ0) is 13.8. The molecule has 2 aromatic rings. The number of benzene rings is 2. The molecular weight excluding hydrogens is 305 g/mol. The molecule has 100 valence electrons. The Balaban J connectivity index is 2.26. The van der Waals surface area contributed by atoms with Crippen LogP contribution in [0.5, 0.6) is 5.75 Å². The number of ether oxygens (including phenoxy) is 1. The molecule has 0 aliphatic carbocycles. The van der Waals surface area contributed by atoms with Crippen molar-refractivity contribution < 1.29 is 4.74 Å². The van der Waals surface area contributed by atoms with Gasteiger partial charge in [0.05, 0.1) is 5.02 Å². The topological polar surface area (TPSA) is 35.2 Å². The molecule has 0 bridgehead atoms. The summed E-state index contributed by atoms with van der Waals surface area (Å²) in [5, 5.41) is 1.68. The SMILES string of the molecule is NCC(Oc1cc(Cl)ccc1Cl)c1cccc(Cl)c1. The first-order valence-corrected chi connectivity index (χ1v) is 6.81. The van der Waals surface area contributed by atoms with Crippen LogP contribution in [0.3, 0.4) is 0 Å². The summed E-state index contributed by atoms with van der Waals surface area (Å²) in [5.74, 6) is 0.504. The molecule has 0 heterocycles. The Bertz CT molecular complexity index is 574. The van der Waals surface area contributed by atoms with Crippen molar-refractivity contribution in [3.8, 4) is 5.75 Å². The highest BCUT2D eigenvalue weighted by Crippen LogP contribution is 2.31. The zero-order valence-corrected chi connectivity index (χ0v) is 12.2. The second kappa shape index (κ2) is 6.49. The van der Waals surface area contributed by atoms with E-state index in [4.69, 9.17) is 45.3 Å². The van der Waals surface area contributed by atoms with Crippen LogP contribution in [0.15, 0.2) is 42.5 Å². The van der Waals surface area contributed by atoms with Gasteiger partial charge in [-0.1, -0.05) is 46.9 Å². The highest BCUT2D eigenvalue weighted by atomic mass is 35.5. The maximum absolute atomic E-state index is 6.07. The molecule has 2 nitrogen and oxygen atoms in total. The molecule has 1 atom stereocenters. The molecule has 0 aliphatic heterocycles. The van der Waals surface area contributed by atoms with Crippen molar-refractivity contribution in [1.29, 1.82) is 0 Å². The second-order valence-corrected chi connectivity index (χ2v) is 5.25.